The van der Waals surface area contributed by atoms with Gasteiger partial charge >= 0.3 is 0 Å². The first-order valence-corrected chi connectivity index (χ1v) is 5.74. The molecule has 0 aliphatic carbocycles. The highest BCUT2D eigenvalue weighted by Gasteiger charge is 2.03. The van der Waals surface area contributed by atoms with E-state index in [4.69, 9.17) is 11.6 Å². The number of alkyl halides is 1. The van der Waals surface area contributed by atoms with Gasteiger partial charge in [-0.05, 0) is 5.56 Å². The first-order valence-electron chi connectivity index (χ1n) is 5.21. The van der Waals surface area contributed by atoms with E-state index in [1.807, 2.05) is 36.5 Å². The van der Waals surface area contributed by atoms with E-state index >= 15 is 0 Å². The molecule has 0 aliphatic heterocycles. The smallest absolute Gasteiger partial charge is 0.240 e. The van der Waals surface area contributed by atoms with E-state index in [0.717, 1.165) is 5.56 Å². The molecule has 1 amide bonds. The zero-order chi connectivity index (χ0) is 12.1. The SMILES string of the molecule is O=C(CCl)Nc1ccn(Cc2ccccc2)n1. The number of carbonyl (C=O) groups is 1. The van der Waals surface area contributed by atoms with Crippen molar-refractivity contribution in [1.29, 1.82) is 0 Å². The normalized spacial score (nSPS) is 10.2. The van der Waals surface area contributed by atoms with Crippen LogP contribution in [0, 0.1) is 0 Å². The monoisotopic (exact) mass is 249 g/mol. The number of hydrogen-bond acceptors (Lipinski definition) is 2. The molecule has 0 atom stereocenters. The van der Waals surface area contributed by atoms with Gasteiger partial charge < -0.3 is 5.32 Å². The molecule has 0 fully saturated rings. The quantitative estimate of drug-likeness (QED) is 0.844. The predicted molar refractivity (Wildman–Crippen MR) is 67.1 cm³/mol. The van der Waals surface area contributed by atoms with Crippen LogP contribution >= 0.6 is 11.6 Å². The van der Waals surface area contributed by atoms with Crippen molar-refractivity contribution in [2.24, 2.45) is 0 Å². The summed E-state index contributed by atoms with van der Waals surface area (Å²) in [6, 6.07) is 11.7. The van der Waals surface area contributed by atoms with Gasteiger partial charge in [0.15, 0.2) is 5.82 Å². The van der Waals surface area contributed by atoms with Crippen molar-refractivity contribution < 1.29 is 4.79 Å². The topological polar surface area (TPSA) is 46.9 Å². The van der Waals surface area contributed by atoms with Crippen molar-refractivity contribution >= 4 is 23.3 Å². The molecule has 0 aliphatic rings. The summed E-state index contributed by atoms with van der Waals surface area (Å²) in [5, 5.41) is 6.81. The molecule has 1 heterocycles. The Morgan fingerprint density at radius 1 is 1.29 bits per heavy atom. The lowest BCUT2D eigenvalue weighted by molar-refractivity contribution is -0.113. The molecular formula is C12H12ClN3O. The van der Waals surface area contributed by atoms with Crippen molar-refractivity contribution in [3.63, 3.8) is 0 Å². The lowest BCUT2D eigenvalue weighted by Crippen LogP contribution is -2.13. The standard InChI is InChI=1S/C12H12ClN3O/c13-8-12(17)14-11-6-7-16(15-11)9-10-4-2-1-3-5-10/h1-7H,8-9H2,(H,14,15,17). The number of rotatable bonds is 4. The van der Waals surface area contributed by atoms with Gasteiger partial charge in [0.2, 0.25) is 5.91 Å². The Morgan fingerprint density at radius 2 is 2.06 bits per heavy atom. The number of halogens is 1. The Kier molecular flexibility index (Phi) is 3.77. The van der Waals surface area contributed by atoms with Crippen LogP contribution in [0.3, 0.4) is 0 Å². The molecule has 0 unspecified atom stereocenters. The highest BCUT2D eigenvalue weighted by Crippen LogP contribution is 2.06. The van der Waals surface area contributed by atoms with E-state index in [9.17, 15) is 4.79 Å². The van der Waals surface area contributed by atoms with Crippen LogP contribution in [0.25, 0.3) is 0 Å². The molecule has 4 nitrogen and oxygen atoms in total. The molecule has 1 aromatic carbocycles. The van der Waals surface area contributed by atoms with Crippen molar-refractivity contribution in [1.82, 2.24) is 9.78 Å². The lowest BCUT2D eigenvalue weighted by Gasteiger charge is -2.01. The number of benzene rings is 1. The minimum Gasteiger partial charge on any atom is -0.308 e. The molecule has 0 saturated carbocycles. The maximum atomic E-state index is 11.1. The van der Waals surface area contributed by atoms with E-state index in [2.05, 4.69) is 10.4 Å². The number of anilines is 1. The summed E-state index contributed by atoms with van der Waals surface area (Å²) in [6.07, 6.45) is 1.82. The molecule has 88 valence electrons. The second-order valence-electron chi connectivity index (χ2n) is 3.57. The Labute approximate surface area is 104 Å². The maximum Gasteiger partial charge on any atom is 0.240 e. The van der Waals surface area contributed by atoms with Gasteiger partial charge in [0.1, 0.15) is 5.88 Å². The minimum absolute atomic E-state index is 0.0639. The molecule has 1 aromatic heterocycles. The fraction of sp³-hybridized carbons (Fsp3) is 0.167. The highest BCUT2D eigenvalue weighted by atomic mass is 35.5. The van der Waals surface area contributed by atoms with E-state index in [0.29, 0.717) is 12.4 Å². The van der Waals surface area contributed by atoms with Gasteiger partial charge in [-0.3, -0.25) is 9.48 Å². The molecule has 0 bridgehead atoms. The van der Waals surface area contributed by atoms with Crippen LogP contribution in [0.2, 0.25) is 0 Å². The number of hydrogen-bond donors (Lipinski definition) is 1. The third-order valence-corrected chi connectivity index (χ3v) is 2.46. The third-order valence-electron chi connectivity index (χ3n) is 2.22. The Morgan fingerprint density at radius 3 is 2.76 bits per heavy atom. The third kappa shape index (κ3) is 3.32. The lowest BCUT2D eigenvalue weighted by atomic mass is 10.2. The van der Waals surface area contributed by atoms with Crippen LogP contribution in [-0.4, -0.2) is 21.6 Å². The molecule has 0 saturated heterocycles. The Hall–Kier alpha value is -1.81. The van der Waals surface area contributed by atoms with Crippen LogP contribution in [0.1, 0.15) is 5.56 Å². The van der Waals surface area contributed by atoms with Crippen LogP contribution in [-0.2, 0) is 11.3 Å². The predicted octanol–water partition coefficient (Wildman–Crippen LogP) is 2.11. The van der Waals surface area contributed by atoms with Gasteiger partial charge in [0.05, 0.1) is 6.54 Å². The molecule has 2 aromatic rings. The second kappa shape index (κ2) is 5.50. The molecule has 17 heavy (non-hydrogen) atoms. The summed E-state index contributed by atoms with van der Waals surface area (Å²) in [5.41, 5.74) is 1.16. The van der Waals surface area contributed by atoms with Crippen molar-refractivity contribution in [3.8, 4) is 0 Å². The zero-order valence-electron chi connectivity index (χ0n) is 9.14. The highest BCUT2D eigenvalue weighted by molar-refractivity contribution is 6.28. The summed E-state index contributed by atoms with van der Waals surface area (Å²) >= 11 is 5.39. The number of nitrogens with zero attached hydrogens (tertiary/aromatic N) is 2. The van der Waals surface area contributed by atoms with Crippen LogP contribution in [0.4, 0.5) is 5.82 Å². The van der Waals surface area contributed by atoms with Crippen molar-refractivity contribution in [3.05, 3.63) is 48.2 Å². The summed E-state index contributed by atoms with van der Waals surface area (Å²) in [4.78, 5) is 11.1. The van der Waals surface area contributed by atoms with E-state index < -0.39 is 0 Å². The van der Waals surface area contributed by atoms with Gasteiger partial charge in [0.25, 0.3) is 0 Å². The minimum atomic E-state index is -0.253. The average molecular weight is 250 g/mol. The number of aromatic nitrogens is 2. The van der Waals surface area contributed by atoms with Gasteiger partial charge in [-0.15, -0.1) is 11.6 Å². The van der Waals surface area contributed by atoms with Crippen LogP contribution in [0.5, 0.6) is 0 Å². The molecule has 1 N–H and O–H groups in total. The fourth-order valence-corrected chi connectivity index (χ4v) is 1.53. The van der Waals surface area contributed by atoms with Crippen molar-refractivity contribution in [2.75, 3.05) is 11.2 Å². The van der Waals surface area contributed by atoms with Gasteiger partial charge in [-0.2, -0.15) is 5.10 Å². The number of nitrogens with one attached hydrogen (secondary N) is 1. The summed E-state index contributed by atoms with van der Waals surface area (Å²) in [7, 11) is 0. The summed E-state index contributed by atoms with van der Waals surface area (Å²) < 4.78 is 1.76. The summed E-state index contributed by atoms with van der Waals surface area (Å²) in [5.74, 6) is 0.203. The summed E-state index contributed by atoms with van der Waals surface area (Å²) in [6.45, 7) is 0.678. The largest absolute Gasteiger partial charge is 0.308 e. The first kappa shape index (κ1) is 11.7. The van der Waals surface area contributed by atoms with Crippen LogP contribution in [0.15, 0.2) is 42.6 Å². The Balaban J connectivity index is 2.01. The second-order valence-corrected chi connectivity index (χ2v) is 3.83. The average Bonchev–Trinajstić information content (AvgIpc) is 2.77. The maximum absolute atomic E-state index is 11.1. The van der Waals surface area contributed by atoms with Crippen LogP contribution < -0.4 is 5.32 Å². The van der Waals surface area contributed by atoms with E-state index in [1.54, 1.807) is 10.7 Å². The molecule has 0 spiro atoms. The Bertz CT molecular complexity index is 495. The number of amides is 1. The molecule has 2 rings (SSSR count). The van der Waals surface area contributed by atoms with Gasteiger partial charge in [-0.1, -0.05) is 30.3 Å². The molecule has 0 radical (unpaired) electrons. The zero-order valence-corrected chi connectivity index (χ0v) is 9.89. The van der Waals surface area contributed by atoms with Crippen molar-refractivity contribution in [2.45, 2.75) is 6.54 Å². The number of carbonyl (C=O) groups excluding carboxylic acids is 1. The van der Waals surface area contributed by atoms with Gasteiger partial charge in [0, 0.05) is 12.3 Å². The van der Waals surface area contributed by atoms with Gasteiger partial charge in [-0.25, -0.2) is 0 Å². The van der Waals surface area contributed by atoms with E-state index in [-0.39, 0.29) is 11.8 Å². The molecular weight excluding hydrogens is 238 g/mol. The fourth-order valence-electron chi connectivity index (χ4n) is 1.46. The van der Waals surface area contributed by atoms with E-state index in [1.165, 1.54) is 0 Å². The molecule has 5 heteroatoms. The first-order chi connectivity index (χ1) is 8.28.